The van der Waals surface area contributed by atoms with Crippen molar-refractivity contribution in [2.45, 2.75) is 6.42 Å². The fourth-order valence-electron chi connectivity index (χ4n) is 1.73. The molecular formula is C15H14ClFN2O. The fourth-order valence-corrected chi connectivity index (χ4v) is 1.79. The molecular weight excluding hydrogens is 279 g/mol. The molecule has 0 amide bonds. The molecule has 1 aromatic carbocycles. The first-order chi connectivity index (χ1) is 9.69. The van der Waals surface area contributed by atoms with E-state index in [1.807, 2.05) is 13.2 Å². The van der Waals surface area contributed by atoms with Crippen LogP contribution < -0.4 is 4.74 Å². The molecule has 0 aliphatic heterocycles. The molecule has 20 heavy (non-hydrogen) atoms. The van der Waals surface area contributed by atoms with Crippen molar-refractivity contribution >= 4 is 11.6 Å². The van der Waals surface area contributed by atoms with Crippen molar-refractivity contribution in [1.82, 2.24) is 9.78 Å². The number of hydrogen-bond acceptors (Lipinski definition) is 2. The third-order valence-corrected chi connectivity index (χ3v) is 2.77. The van der Waals surface area contributed by atoms with Gasteiger partial charge in [-0.05, 0) is 17.7 Å². The fraction of sp³-hybridized carbons (Fsp3) is 0.267. The molecule has 0 aliphatic carbocycles. The summed E-state index contributed by atoms with van der Waals surface area (Å²) in [5.74, 6) is 5.90. The summed E-state index contributed by atoms with van der Waals surface area (Å²) >= 11 is 5.52. The van der Waals surface area contributed by atoms with E-state index in [0.717, 1.165) is 5.56 Å². The van der Waals surface area contributed by atoms with Crippen LogP contribution in [0.25, 0.3) is 0 Å². The van der Waals surface area contributed by atoms with Crippen LogP contribution >= 0.6 is 11.6 Å². The highest BCUT2D eigenvalue weighted by Crippen LogP contribution is 2.19. The third-order valence-electron chi connectivity index (χ3n) is 2.64. The maximum atomic E-state index is 13.3. The van der Waals surface area contributed by atoms with Gasteiger partial charge in [0.15, 0.2) is 0 Å². The number of aryl methyl sites for hydroxylation is 1. The van der Waals surface area contributed by atoms with Gasteiger partial charge in [0.05, 0.1) is 24.2 Å². The van der Waals surface area contributed by atoms with Crippen molar-refractivity contribution < 1.29 is 9.13 Å². The predicted molar refractivity (Wildman–Crippen MR) is 76.4 cm³/mol. The average molecular weight is 293 g/mol. The summed E-state index contributed by atoms with van der Waals surface area (Å²) in [4.78, 5) is 0. The smallest absolute Gasteiger partial charge is 0.137 e. The Labute approximate surface area is 122 Å². The van der Waals surface area contributed by atoms with E-state index < -0.39 is 0 Å². The van der Waals surface area contributed by atoms with Gasteiger partial charge in [0, 0.05) is 25.7 Å². The second-order valence-corrected chi connectivity index (χ2v) is 4.46. The van der Waals surface area contributed by atoms with Crippen LogP contribution in [0, 0.1) is 17.7 Å². The molecule has 0 radical (unpaired) electrons. The van der Waals surface area contributed by atoms with Crippen LogP contribution in [-0.4, -0.2) is 22.3 Å². The molecule has 2 rings (SSSR count). The third kappa shape index (κ3) is 4.01. The van der Waals surface area contributed by atoms with Crippen LogP contribution in [0.15, 0.2) is 30.6 Å². The van der Waals surface area contributed by atoms with Gasteiger partial charge >= 0.3 is 0 Å². The maximum absolute atomic E-state index is 13.3. The van der Waals surface area contributed by atoms with Gasteiger partial charge < -0.3 is 4.74 Å². The minimum absolute atomic E-state index is 0.229. The molecule has 104 valence electrons. The zero-order valence-electron chi connectivity index (χ0n) is 11.1. The minimum atomic E-state index is -0.349. The molecule has 1 heterocycles. The van der Waals surface area contributed by atoms with Gasteiger partial charge in [-0.2, -0.15) is 5.10 Å². The molecule has 1 aromatic heterocycles. The molecule has 0 atom stereocenters. The Morgan fingerprint density at radius 3 is 3.00 bits per heavy atom. The van der Waals surface area contributed by atoms with E-state index in [2.05, 4.69) is 16.9 Å². The van der Waals surface area contributed by atoms with Gasteiger partial charge in [-0.15, -0.1) is 11.6 Å². The van der Waals surface area contributed by atoms with Crippen LogP contribution in [-0.2, 0) is 13.5 Å². The Balaban J connectivity index is 2.02. The first-order valence-electron chi connectivity index (χ1n) is 6.14. The van der Waals surface area contributed by atoms with Crippen molar-refractivity contribution in [3.8, 4) is 17.6 Å². The summed E-state index contributed by atoms with van der Waals surface area (Å²) in [7, 11) is 1.86. The molecule has 0 aliphatic rings. The first-order valence-corrected chi connectivity index (χ1v) is 6.67. The Kier molecular flexibility index (Phi) is 5.03. The van der Waals surface area contributed by atoms with Gasteiger partial charge in [0.1, 0.15) is 11.6 Å². The van der Waals surface area contributed by atoms with Crippen molar-refractivity contribution in [3.63, 3.8) is 0 Å². The van der Waals surface area contributed by atoms with Gasteiger partial charge in [0.2, 0.25) is 0 Å². The standard InChI is InChI=1S/C15H14ClFN2O/c1-19-11-12(10-18-19)6-8-20-15-9-14(17)5-4-13(15)3-2-7-16/h4-5,9-11H,6-8H2,1H3. The Morgan fingerprint density at radius 2 is 2.30 bits per heavy atom. The second-order valence-electron chi connectivity index (χ2n) is 4.20. The Morgan fingerprint density at radius 1 is 1.45 bits per heavy atom. The summed E-state index contributed by atoms with van der Waals surface area (Å²) in [5.41, 5.74) is 1.70. The topological polar surface area (TPSA) is 27.1 Å². The summed E-state index contributed by atoms with van der Waals surface area (Å²) < 4.78 is 20.6. The second kappa shape index (κ2) is 6.97. The summed E-state index contributed by atoms with van der Waals surface area (Å²) in [6.07, 6.45) is 4.40. The van der Waals surface area contributed by atoms with E-state index in [0.29, 0.717) is 24.3 Å². The number of alkyl halides is 1. The van der Waals surface area contributed by atoms with Gasteiger partial charge in [0.25, 0.3) is 0 Å². The lowest BCUT2D eigenvalue weighted by Crippen LogP contribution is -2.02. The average Bonchev–Trinajstić information content (AvgIpc) is 2.84. The molecule has 0 saturated carbocycles. The Hall–Kier alpha value is -1.99. The first kappa shape index (κ1) is 14.4. The molecule has 5 heteroatoms. The van der Waals surface area contributed by atoms with E-state index in [1.165, 1.54) is 12.1 Å². The zero-order chi connectivity index (χ0) is 14.4. The number of hydrogen-bond donors (Lipinski definition) is 0. The molecule has 0 bridgehead atoms. The normalized spacial score (nSPS) is 9.95. The van der Waals surface area contributed by atoms with E-state index in [9.17, 15) is 4.39 Å². The Bertz CT molecular complexity index is 643. The van der Waals surface area contributed by atoms with Crippen LogP contribution in [0.5, 0.6) is 5.75 Å². The van der Waals surface area contributed by atoms with E-state index >= 15 is 0 Å². The highest BCUT2D eigenvalue weighted by Gasteiger charge is 2.04. The quantitative estimate of drug-likeness (QED) is 0.640. The van der Waals surface area contributed by atoms with Crippen LogP contribution in [0.4, 0.5) is 4.39 Å². The molecule has 2 aromatic rings. The summed E-state index contributed by atoms with van der Waals surface area (Å²) in [6, 6.07) is 4.28. The lowest BCUT2D eigenvalue weighted by Gasteiger charge is -2.07. The molecule has 0 unspecified atom stereocenters. The molecule has 0 fully saturated rings. The SMILES string of the molecule is Cn1cc(CCOc2cc(F)ccc2C#CCCl)cn1. The number of ether oxygens (including phenoxy) is 1. The predicted octanol–water partition coefficient (Wildman–Crippen LogP) is 2.77. The highest BCUT2D eigenvalue weighted by molar-refractivity contribution is 6.19. The summed E-state index contributed by atoms with van der Waals surface area (Å²) in [6.45, 7) is 0.435. The van der Waals surface area contributed by atoms with Crippen LogP contribution in [0.2, 0.25) is 0 Å². The maximum Gasteiger partial charge on any atom is 0.137 e. The molecule has 3 nitrogen and oxygen atoms in total. The molecule has 0 saturated heterocycles. The van der Waals surface area contributed by atoms with Gasteiger partial charge in [-0.1, -0.05) is 11.8 Å². The van der Waals surface area contributed by atoms with Crippen molar-refractivity contribution in [2.75, 3.05) is 12.5 Å². The van der Waals surface area contributed by atoms with Gasteiger partial charge in [-0.25, -0.2) is 4.39 Å². The van der Waals surface area contributed by atoms with Crippen molar-refractivity contribution in [1.29, 1.82) is 0 Å². The van der Waals surface area contributed by atoms with E-state index in [1.54, 1.807) is 16.9 Å². The van der Waals surface area contributed by atoms with Crippen LogP contribution in [0.1, 0.15) is 11.1 Å². The molecule has 0 spiro atoms. The van der Waals surface area contributed by atoms with Crippen LogP contribution in [0.3, 0.4) is 0 Å². The lowest BCUT2D eigenvalue weighted by atomic mass is 10.2. The van der Waals surface area contributed by atoms with Crippen molar-refractivity contribution in [2.24, 2.45) is 7.05 Å². The number of benzene rings is 1. The summed E-state index contributed by atoms with van der Waals surface area (Å²) in [5, 5.41) is 4.08. The monoisotopic (exact) mass is 292 g/mol. The number of halogens is 2. The lowest BCUT2D eigenvalue weighted by molar-refractivity contribution is 0.319. The van der Waals surface area contributed by atoms with E-state index in [-0.39, 0.29) is 11.7 Å². The van der Waals surface area contributed by atoms with E-state index in [4.69, 9.17) is 16.3 Å². The largest absolute Gasteiger partial charge is 0.492 e. The number of rotatable bonds is 4. The number of nitrogens with zero attached hydrogens (tertiary/aromatic N) is 2. The number of aromatic nitrogens is 2. The molecule has 0 N–H and O–H groups in total. The van der Waals surface area contributed by atoms with Crippen molar-refractivity contribution in [3.05, 3.63) is 47.5 Å². The zero-order valence-corrected chi connectivity index (χ0v) is 11.8. The highest BCUT2D eigenvalue weighted by atomic mass is 35.5. The van der Waals surface area contributed by atoms with Gasteiger partial charge in [-0.3, -0.25) is 4.68 Å². The minimum Gasteiger partial charge on any atom is -0.492 e.